The van der Waals surface area contributed by atoms with E-state index in [1.807, 2.05) is 17.5 Å². The maximum absolute atomic E-state index is 8.97. The van der Waals surface area contributed by atoms with Crippen molar-refractivity contribution in [2.75, 3.05) is 0 Å². The number of imidazole rings is 1. The Kier molecular flexibility index (Phi) is 2.11. The first kappa shape index (κ1) is 8.02. The van der Waals surface area contributed by atoms with Gasteiger partial charge in [0.2, 0.25) is 0 Å². The highest BCUT2D eigenvalue weighted by Gasteiger charge is 2.15. The molecule has 0 aliphatic heterocycles. The Hall–Kier alpha value is -1.60. The van der Waals surface area contributed by atoms with Crippen molar-refractivity contribution in [2.45, 2.75) is 5.92 Å². The van der Waals surface area contributed by atoms with E-state index in [0.717, 1.165) is 4.88 Å². The Bertz CT molecular complexity index is 362. The summed E-state index contributed by atoms with van der Waals surface area (Å²) in [4.78, 5) is 8.05. The molecule has 2 heterocycles. The third-order valence-corrected chi connectivity index (χ3v) is 2.69. The van der Waals surface area contributed by atoms with E-state index in [9.17, 15) is 0 Å². The largest absolute Gasteiger partial charge is 0.347 e. The maximum atomic E-state index is 8.97. The van der Waals surface area contributed by atoms with E-state index in [2.05, 4.69) is 16.0 Å². The van der Waals surface area contributed by atoms with Crippen LogP contribution in [0.2, 0.25) is 0 Å². The second kappa shape index (κ2) is 3.42. The van der Waals surface area contributed by atoms with E-state index in [-0.39, 0.29) is 5.92 Å². The fourth-order valence-corrected chi connectivity index (χ4v) is 1.92. The lowest BCUT2D eigenvalue weighted by Crippen LogP contribution is -1.97. The van der Waals surface area contributed by atoms with Crippen molar-refractivity contribution >= 4 is 11.3 Å². The number of aromatic nitrogens is 2. The van der Waals surface area contributed by atoms with Crippen LogP contribution in [0.4, 0.5) is 0 Å². The quantitative estimate of drug-likeness (QED) is 0.786. The predicted octanol–water partition coefficient (Wildman–Crippen LogP) is 2.13. The van der Waals surface area contributed by atoms with Crippen LogP contribution in [0, 0.1) is 11.3 Å². The molecule has 0 saturated carbocycles. The lowest BCUT2D eigenvalue weighted by atomic mass is 10.1. The zero-order valence-corrected chi connectivity index (χ0v) is 7.58. The summed E-state index contributed by atoms with van der Waals surface area (Å²) < 4.78 is 0. The Morgan fingerprint density at radius 3 is 3.08 bits per heavy atom. The van der Waals surface area contributed by atoms with Gasteiger partial charge < -0.3 is 4.98 Å². The molecular formula is C9H7N3S. The van der Waals surface area contributed by atoms with Crippen LogP contribution in [0.25, 0.3) is 0 Å². The Balaban J connectivity index is 2.36. The van der Waals surface area contributed by atoms with E-state index in [1.54, 1.807) is 23.7 Å². The number of rotatable bonds is 2. The highest BCUT2D eigenvalue weighted by molar-refractivity contribution is 7.10. The second-order valence-corrected chi connectivity index (χ2v) is 3.53. The molecule has 0 fully saturated rings. The molecule has 0 spiro atoms. The lowest BCUT2D eigenvalue weighted by molar-refractivity contribution is 0.946. The van der Waals surface area contributed by atoms with Crippen LogP contribution in [0.1, 0.15) is 16.6 Å². The van der Waals surface area contributed by atoms with Gasteiger partial charge in [-0.25, -0.2) is 4.98 Å². The minimum absolute atomic E-state index is 0.255. The molecular weight excluding hydrogens is 182 g/mol. The molecule has 0 radical (unpaired) electrons. The van der Waals surface area contributed by atoms with Crippen molar-refractivity contribution in [3.8, 4) is 6.07 Å². The summed E-state index contributed by atoms with van der Waals surface area (Å²) in [5, 5.41) is 10.9. The summed E-state index contributed by atoms with van der Waals surface area (Å²) in [6, 6.07) is 6.11. The number of thiophene rings is 1. The van der Waals surface area contributed by atoms with Crippen molar-refractivity contribution in [1.82, 2.24) is 9.97 Å². The lowest BCUT2D eigenvalue weighted by Gasteiger charge is -2.01. The van der Waals surface area contributed by atoms with E-state index in [0.29, 0.717) is 5.82 Å². The van der Waals surface area contributed by atoms with Crippen LogP contribution in [-0.4, -0.2) is 9.97 Å². The topological polar surface area (TPSA) is 52.5 Å². The van der Waals surface area contributed by atoms with Gasteiger partial charge in [0.25, 0.3) is 0 Å². The summed E-state index contributed by atoms with van der Waals surface area (Å²) in [7, 11) is 0. The van der Waals surface area contributed by atoms with Gasteiger partial charge in [0.15, 0.2) is 0 Å². The zero-order valence-electron chi connectivity index (χ0n) is 6.77. The summed E-state index contributed by atoms with van der Waals surface area (Å²) >= 11 is 1.57. The van der Waals surface area contributed by atoms with Crippen LogP contribution in [0.15, 0.2) is 29.9 Å². The molecule has 0 aromatic carbocycles. The molecule has 2 aromatic rings. The van der Waals surface area contributed by atoms with Gasteiger partial charge in [-0.15, -0.1) is 11.3 Å². The number of nitrogens with zero attached hydrogens (tertiary/aromatic N) is 2. The van der Waals surface area contributed by atoms with Crippen LogP contribution in [0.5, 0.6) is 0 Å². The van der Waals surface area contributed by atoms with Crippen molar-refractivity contribution in [1.29, 1.82) is 5.26 Å². The Morgan fingerprint density at radius 1 is 1.62 bits per heavy atom. The van der Waals surface area contributed by atoms with Crippen molar-refractivity contribution in [3.05, 3.63) is 40.6 Å². The minimum Gasteiger partial charge on any atom is -0.347 e. The average Bonchev–Trinajstić information content (AvgIpc) is 2.76. The highest BCUT2D eigenvalue weighted by atomic mass is 32.1. The molecule has 0 amide bonds. The minimum atomic E-state index is -0.255. The van der Waals surface area contributed by atoms with Gasteiger partial charge in [0.1, 0.15) is 11.7 Å². The fraction of sp³-hybridized carbons (Fsp3) is 0.111. The molecule has 1 atom stereocenters. The van der Waals surface area contributed by atoms with Crippen LogP contribution >= 0.6 is 11.3 Å². The van der Waals surface area contributed by atoms with E-state index >= 15 is 0 Å². The monoisotopic (exact) mass is 189 g/mol. The van der Waals surface area contributed by atoms with Crippen LogP contribution in [0.3, 0.4) is 0 Å². The number of hydrogen-bond donors (Lipinski definition) is 1. The molecule has 4 heteroatoms. The smallest absolute Gasteiger partial charge is 0.138 e. The third-order valence-electron chi connectivity index (χ3n) is 1.75. The third kappa shape index (κ3) is 1.46. The van der Waals surface area contributed by atoms with Gasteiger partial charge in [-0.05, 0) is 11.4 Å². The van der Waals surface area contributed by atoms with Crippen molar-refractivity contribution in [3.63, 3.8) is 0 Å². The second-order valence-electron chi connectivity index (χ2n) is 2.55. The van der Waals surface area contributed by atoms with Crippen LogP contribution < -0.4 is 0 Å². The number of nitriles is 1. The molecule has 1 unspecified atom stereocenters. The Morgan fingerprint density at radius 2 is 2.54 bits per heavy atom. The summed E-state index contributed by atoms with van der Waals surface area (Å²) in [5.41, 5.74) is 0. The van der Waals surface area contributed by atoms with Crippen LogP contribution in [-0.2, 0) is 0 Å². The molecule has 13 heavy (non-hydrogen) atoms. The number of H-pyrrole nitrogens is 1. The maximum Gasteiger partial charge on any atom is 0.138 e. The first-order chi connectivity index (χ1) is 6.42. The molecule has 0 aliphatic rings. The number of aromatic amines is 1. The van der Waals surface area contributed by atoms with Gasteiger partial charge in [0.05, 0.1) is 6.07 Å². The molecule has 1 N–H and O–H groups in total. The summed E-state index contributed by atoms with van der Waals surface area (Å²) in [6.45, 7) is 0. The standard InChI is InChI=1S/C9H7N3S/c10-6-7(8-2-1-5-13-8)9-11-3-4-12-9/h1-5,7H,(H,11,12). The van der Waals surface area contributed by atoms with E-state index < -0.39 is 0 Å². The summed E-state index contributed by atoms with van der Waals surface area (Å²) in [6.07, 6.45) is 3.39. The van der Waals surface area contributed by atoms with Gasteiger partial charge in [-0.3, -0.25) is 0 Å². The highest BCUT2D eigenvalue weighted by Crippen LogP contribution is 2.24. The molecule has 2 aromatic heterocycles. The molecule has 0 saturated heterocycles. The molecule has 64 valence electrons. The van der Waals surface area contributed by atoms with Gasteiger partial charge >= 0.3 is 0 Å². The molecule has 2 rings (SSSR count). The van der Waals surface area contributed by atoms with E-state index in [4.69, 9.17) is 5.26 Å². The first-order valence-corrected chi connectivity index (χ1v) is 4.72. The predicted molar refractivity (Wildman–Crippen MR) is 50.4 cm³/mol. The normalized spacial score (nSPS) is 12.2. The zero-order chi connectivity index (χ0) is 9.10. The fourth-order valence-electron chi connectivity index (χ4n) is 1.15. The number of hydrogen-bond acceptors (Lipinski definition) is 3. The van der Waals surface area contributed by atoms with Crippen molar-refractivity contribution < 1.29 is 0 Å². The molecule has 0 aliphatic carbocycles. The molecule has 3 nitrogen and oxygen atoms in total. The SMILES string of the molecule is N#CC(c1ncc[nH]1)c1cccs1. The summed E-state index contributed by atoms with van der Waals surface area (Å²) in [5.74, 6) is 0.458. The first-order valence-electron chi connectivity index (χ1n) is 3.84. The van der Waals surface area contributed by atoms with Gasteiger partial charge in [-0.1, -0.05) is 6.07 Å². The molecule has 0 bridgehead atoms. The average molecular weight is 189 g/mol. The van der Waals surface area contributed by atoms with E-state index in [1.165, 1.54) is 0 Å². The Labute approximate surface area is 79.7 Å². The van der Waals surface area contributed by atoms with Gasteiger partial charge in [-0.2, -0.15) is 5.26 Å². The van der Waals surface area contributed by atoms with Gasteiger partial charge in [0, 0.05) is 17.3 Å². The van der Waals surface area contributed by atoms with Crippen molar-refractivity contribution in [2.24, 2.45) is 0 Å². The number of nitrogens with one attached hydrogen (secondary N) is 1.